The summed E-state index contributed by atoms with van der Waals surface area (Å²) in [4.78, 5) is 11.9. The van der Waals surface area contributed by atoms with Gasteiger partial charge in [-0.3, -0.25) is 0 Å². The highest BCUT2D eigenvalue weighted by atomic mass is 19.4. The number of alkyl halides is 3. The number of fused-ring (bicyclic) bond motifs is 1. The van der Waals surface area contributed by atoms with Gasteiger partial charge < -0.3 is 14.0 Å². The molecule has 114 valence electrons. The zero-order chi connectivity index (χ0) is 15.8. The van der Waals surface area contributed by atoms with E-state index in [1.54, 1.807) is 6.92 Å². The highest BCUT2D eigenvalue weighted by molar-refractivity contribution is 6.06. The Bertz CT molecular complexity index is 689. The molecule has 2 rings (SSSR count). The molecule has 0 atom stereocenters. The molecule has 0 aliphatic carbocycles. The second-order valence-electron chi connectivity index (χ2n) is 4.38. The Kier molecular flexibility index (Phi) is 3.85. The summed E-state index contributed by atoms with van der Waals surface area (Å²) in [6, 6.07) is 4.38. The van der Waals surface area contributed by atoms with Gasteiger partial charge >= 0.3 is 12.1 Å². The van der Waals surface area contributed by atoms with Crippen molar-refractivity contribution in [1.82, 2.24) is 4.57 Å². The van der Waals surface area contributed by atoms with E-state index in [1.807, 2.05) is 0 Å². The fraction of sp³-hybridized carbons (Fsp3) is 0.357. The van der Waals surface area contributed by atoms with Gasteiger partial charge in [0.15, 0.2) is 0 Å². The van der Waals surface area contributed by atoms with E-state index in [2.05, 4.69) is 0 Å². The molecule has 0 aliphatic rings. The predicted molar refractivity (Wildman–Crippen MR) is 70.4 cm³/mol. The summed E-state index contributed by atoms with van der Waals surface area (Å²) in [5, 5.41) is 0.184. The Morgan fingerprint density at radius 2 is 2.00 bits per heavy atom. The summed E-state index contributed by atoms with van der Waals surface area (Å²) in [7, 11) is 2.67. The maximum atomic E-state index is 13.3. The number of ether oxygens (including phenoxy) is 2. The molecule has 0 N–H and O–H groups in total. The van der Waals surface area contributed by atoms with Gasteiger partial charge in [-0.1, -0.05) is 0 Å². The number of carbonyl (C=O) groups is 1. The monoisotopic (exact) mass is 301 g/mol. The first-order chi connectivity index (χ1) is 9.81. The van der Waals surface area contributed by atoms with Crippen LogP contribution in [0, 0.1) is 0 Å². The molecule has 0 radical (unpaired) electrons. The first-order valence-corrected chi connectivity index (χ1v) is 6.22. The molecular weight excluding hydrogens is 287 g/mol. The summed E-state index contributed by atoms with van der Waals surface area (Å²) in [6.45, 7) is 1.54. The van der Waals surface area contributed by atoms with Gasteiger partial charge in [0.1, 0.15) is 11.4 Å². The number of nitrogens with zero attached hydrogens (tertiary/aromatic N) is 1. The molecule has 21 heavy (non-hydrogen) atoms. The number of aromatic nitrogens is 1. The molecule has 0 bridgehead atoms. The number of esters is 1. The highest BCUT2D eigenvalue weighted by Gasteiger charge is 2.41. The van der Waals surface area contributed by atoms with Crippen molar-refractivity contribution in [2.45, 2.75) is 13.1 Å². The van der Waals surface area contributed by atoms with Gasteiger partial charge in [0.25, 0.3) is 0 Å². The second kappa shape index (κ2) is 5.31. The molecular formula is C14H14F3NO3. The summed E-state index contributed by atoms with van der Waals surface area (Å²) in [5.74, 6) is -0.576. The van der Waals surface area contributed by atoms with Crippen molar-refractivity contribution >= 4 is 16.9 Å². The second-order valence-corrected chi connectivity index (χ2v) is 4.38. The van der Waals surface area contributed by atoms with Gasteiger partial charge in [-0.15, -0.1) is 0 Å². The lowest BCUT2D eigenvalue weighted by Crippen LogP contribution is -2.17. The van der Waals surface area contributed by atoms with Crippen molar-refractivity contribution in [3.05, 3.63) is 29.5 Å². The number of hydrogen-bond donors (Lipinski definition) is 0. The number of aryl methyl sites for hydroxylation is 1. The number of hydrogen-bond acceptors (Lipinski definition) is 3. The first-order valence-electron chi connectivity index (χ1n) is 6.22. The van der Waals surface area contributed by atoms with Crippen LogP contribution in [0.25, 0.3) is 10.9 Å². The fourth-order valence-corrected chi connectivity index (χ4v) is 2.28. The molecule has 0 amide bonds. The van der Waals surface area contributed by atoms with Crippen molar-refractivity contribution < 1.29 is 27.4 Å². The van der Waals surface area contributed by atoms with Gasteiger partial charge in [-0.05, 0) is 19.1 Å². The maximum Gasteiger partial charge on any atom is 0.432 e. The van der Waals surface area contributed by atoms with Crippen LogP contribution >= 0.6 is 0 Å². The van der Waals surface area contributed by atoms with Gasteiger partial charge in [0.05, 0.1) is 24.8 Å². The van der Waals surface area contributed by atoms with Crippen LogP contribution in [0.5, 0.6) is 5.75 Å². The smallest absolute Gasteiger partial charge is 0.432 e. The molecule has 1 aromatic carbocycles. The minimum Gasteiger partial charge on any atom is -0.497 e. The van der Waals surface area contributed by atoms with Crippen LogP contribution in [0.15, 0.2) is 18.2 Å². The summed E-state index contributed by atoms with van der Waals surface area (Å²) < 4.78 is 50.5. The van der Waals surface area contributed by atoms with Crippen molar-refractivity contribution in [2.24, 2.45) is 7.05 Å². The Morgan fingerprint density at radius 1 is 1.33 bits per heavy atom. The van der Waals surface area contributed by atoms with Crippen LogP contribution in [0.4, 0.5) is 13.2 Å². The van der Waals surface area contributed by atoms with Gasteiger partial charge in [-0.25, -0.2) is 4.79 Å². The van der Waals surface area contributed by atoms with E-state index in [4.69, 9.17) is 9.47 Å². The Balaban J connectivity index is 2.82. The molecule has 2 aromatic rings. The van der Waals surface area contributed by atoms with E-state index in [9.17, 15) is 18.0 Å². The van der Waals surface area contributed by atoms with E-state index in [0.717, 1.165) is 4.57 Å². The van der Waals surface area contributed by atoms with Crippen molar-refractivity contribution in [1.29, 1.82) is 0 Å². The van der Waals surface area contributed by atoms with Crippen LogP contribution in [0.1, 0.15) is 23.0 Å². The summed E-state index contributed by atoms with van der Waals surface area (Å²) >= 11 is 0. The third-order valence-electron chi connectivity index (χ3n) is 3.16. The predicted octanol–water partition coefficient (Wildman–Crippen LogP) is 3.38. The largest absolute Gasteiger partial charge is 0.497 e. The average molecular weight is 301 g/mol. The number of halogens is 3. The maximum absolute atomic E-state index is 13.3. The minimum absolute atomic E-state index is 0.00265. The summed E-state index contributed by atoms with van der Waals surface area (Å²) in [6.07, 6.45) is -4.66. The van der Waals surface area contributed by atoms with Crippen LogP contribution in [-0.4, -0.2) is 24.3 Å². The Morgan fingerprint density at radius 3 is 2.52 bits per heavy atom. The van der Waals surface area contributed by atoms with Gasteiger partial charge in [0, 0.05) is 18.5 Å². The van der Waals surface area contributed by atoms with E-state index in [1.165, 1.54) is 32.4 Å². The van der Waals surface area contributed by atoms with Crippen LogP contribution in [0.2, 0.25) is 0 Å². The molecule has 7 heteroatoms. The van der Waals surface area contributed by atoms with Gasteiger partial charge in [0.2, 0.25) is 0 Å². The molecule has 1 heterocycles. The number of benzene rings is 1. The van der Waals surface area contributed by atoms with Gasteiger partial charge in [-0.2, -0.15) is 13.2 Å². The molecule has 0 unspecified atom stereocenters. The van der Waals surface area contributed by atoms with Crippen LogP contribution in [-0.2, 0) is 18.0 Å². The average Bonchev–Trinajstić information content (AvgIpc) is 2.71. The molecule has 4 nitrogen and oxygen atoms in total. The summed E-state index contributed by atoms with van der Waals surface area (Å²) in [5.41, 5.74) is -1.24. The Hall–Kier alpha value is -2.18. The van der Waals surface area contributed by atoms with Crippen molar-refractivity contribution in [3.63, 3.8) is 0 Å². The Labute approximate surface area is 119 Å². The lowest BCUT2D eigenvalue weighted by atomic mass is 10.1. The lowest BCUT2D eigenvalue weighted by Gasteiger charge is -2.10. The fourth-order valence-electron chi connectivity index (χ4n) is 2.28. The van der Waals surface area contributed by atoms with Crippen LogP contribution < -0.4 is 4.74 Å². The lowest BCUT2D eigenvalue weighted by molar-refractivity contribution is -0.143. The molecule has 1 aromatic heterocycles. The number of rotatable bonds is 3. The van der Waals surface area contributed by atoms with Crippen molar-refractivity contribution in [2.75, 3.05) is 13.7 Å². The zero-order valence-corrected chi connectivity index (χ0v) is 11.7. The minimum atomic E-state index is -4.66. The quantitative estimate of drug-likeness (QED) is 0.816. The number of carbonyl (C=O) groups excluding carboxylic acids is 1. The SMILES string of the molecule is CCOC(=O)c1c(C(F)(F)F)n(C)c2cc(OC)ccc12. The molecule has 0 saturated carbocycles. The zero-order valence-electron chi connectivity index (χ0n) is 11.7. The topological polar surface area (TPSA) is 40.5 Å². The number of methoxy groups -OCH3 is 1. The first kappa shape index (κ1) is 15.2. The van der Waals surface area contributed by atoms with E-state index >= 15 is 0 Å². The van der Waals surface area contributed by atoms with E-state index in [0.29, 0.717) is 5.75 Å². The normalized spacial score (nSPS) is 11.7. The third kappa shape index (κ3) is 2.55. The molecule has 0 fully saturated rings. The van der Waals surface area contributed by atoms with E-state index in [-0.39, 0.29) is 17.5 Å². The van der Waals surface area contributed by atoms with E-state index < -0.39 is 23.4 Å². The molecule has 0 spiro atoms. The molecule has 0 aliphatic heterocycles. The van der Waals surface area contributed by atoms with Crippen LogP contribution in [0.3, 0.4) is 0 Å². The highest BCUT2D eigenvalue weighted by Crippen LogP contribution is 2.38. The standard InChI is InChI=1S/C14H14F3NO3/c1-4-21-13(19)11-9-6-5-8(20-3)7-10(9)18(2)12(11)14(15,16)17/h5-7H,4H2,1-3H3. The van der Waals surface area contributed by atoms with Crippen molar-refractivity contribution in [3.8, 4) is 5.75 Å². The third-order valence-corrected chi connectivity index (χ3v) is 3.16. The molecule has 0 saturated heterocycles.